The third-order valence-electron chi connectivity index (χ3n) is 5.53. The summed E-state index contributed by atoms with van der Waals surface area (Å²) in [5.74, 6) is 6.98. The predicted molar refractivity (Wildman–Crippen MR) is 108 cm³/mol. The first-order valence-electron chi connectivity index (χ1n) is 10.3. The Balaban J connectivity index is 1.76. The van der Waals surface area contributed by atoms with Gasteiger partial charge < -0.3 is 0 Å². The van der Waals surface area contributed by atoms with E-state index in [2.05, 4.69) is 18.8 Å². The molecule has 0 bridgehead atoms. The van der Waals surface area contributed by atoms with E-state index >= 15 is 0 Å². The van der Waals surface area contributed by atoms with Gasteiger partial charge in [-0.05, 0) is 55.9 Å². The lowest BCUT2D eigenvalue weighted by atomic mass is 9.80. The van der Waals surface area contributed by atoms with Gasteiger partial charge in [-0.25, -0.2) is 0 Å². The van der Waals surface area contributed by atoms with Gasteiger partial charge in [0.1, 0.15) is 4.90 Å². The fourth-order valence-corrected chi connectivity index (χ4v) is 4.44. The van der Waals surface area contributed by atoms with E-state index in [1.54, 1.807) is 0 Å². The molecule has 0 heterocycles. The molecule has 0 saturated heterocycles. The highest BCUT2D eigenvalue weighted by Gasteiger charge is 2.65. The summed E-state index contributed by atoms with van der Waals surface area (Å²) < 4.78 is 63.6. The molecule has 1 aromatic rings. The molecule has 0 radical (unpaired) electrons. The lowest BCUT2D eigenvalue weighted by Crippen LogP contribution is -2.13. The Hall–Kier alpha value is -1.22. The average Bonchev–Trinajstić information content (AvgIpc) is 2.62. The maximum Gasteiger partial charge on any atom is 0.310 e. The van der Waals surface area contributed by atoms with Crippen molar-refractivity contribution in [3.63, 3.8) is 0 Å². The first kappa shape index (κ1) is 23.1. The fraction of sp³-hybridized carbons (Fsp3) is 0.636. The van der Waals surface area contributed by atoms with Gasteiger partial charge in [-0.15, -0.1) is 0 Å². The van der Waals surface area contributed by atoms with Crippen molar-refractivity contribution in [3.8, 4) is 11.8 Å². The molecule has 0 unspecified atom stereocenters. The molecule has 28 heavy (non-hydrogen) atoms. The Kier molecular flexibility index (Phi) is 7.12. The number of benzene rings is 1. The van der Waals surface area contributed by atoms with Crippen molar-refractivity contribution in [2.24, 2.45) is 11.8 Å². The molecule has 0 nitrogen and oxygen atoms in total. The molecular weight excluding hydrogens is 391 g/mol. The van der Waals surface area contributed by atoms with Gasteiger partial charge >= 0.3 is 10.2 Å². The first-order valence-corrected chi connectivity index (χ1v) is 12.3. The van der Waals surface area contributed by atoms with Crippen molar-refractivity contribution >= 4 is 10.2 Å². The minimum Gasteiger partial charge on any atom is -0.0945 e. The fourth-order valence-electron chi connectivity index (χ4n) is 3.79. The van der Waals surface area contributed by atoms with E-state index in [4.69, 9.17) is 0 Å². The molecule has 0 atom stereocenters. The van der Waals surface area contributed by atoms with Crippen LogP contribution in [0.15, 0.2) is 29.2 Å². The van der Waals surface area contributed by atoms with Gasteiger partial charge in [0.2, 0.25) is 0 Å². The van der Waals surface area contributed by atoms with Gasteiger partial charge in [0, 0.05) is 11.5 Å². The summed E-state index contributed by atoms with van der Waals surface area (Å²) in [6, 6.07) is 2.93. The molecule has 1 saturated carbocycles. The van der Waals surface area contributed by atoms with E-state index in [0.717, 1.165) is 43.7 Å². The predicted octanol–water partition coefficient (Wildman–Crippen LogP) is 9.25. The van der Waals surface area contributed by atoms with Gasteiger partial charge in [0.25, 0.3) is 0 Å². The van der Waals surface area contributed by atoms with E-state index in [0.29, 0.717) is 17.7 Å². The molecule has 0 aliphatic heterocycles. The number of unbranched alkanes of at least 4 members (excludes halogenated alkanes) is 5. The normalized spacial score (nSPS) is 22.6. The molecule has 2 rings (SSSR count). The molecule has 1 aromatic carbocycles. The van der Waals surface area contributed by atoms with Crippen LogP contribution in [0.2, 0.25) is 0 Å². The molecule has 1 aliphatic rings. The molecular formula is C22H31F5S. The molecule has 1 fully saturated rings. The number of hydrogen-bond acceptors (Lipinski definition) is 0. The average molecular weight is 423 g/mol. The van der Waals surface area contributed by atoms with Crippen LogP contribution in [0.3, 0.4) is 0 Å². The maximum absolute atomic E-state index is 12.7. The highest BCUT2D eigenvalue weighted by Crippen LogP contribution is 3.02. The Labute approximate surface area is 166 Å². The Morgan fingerprint density at radius 1 is 0.821 bits per heavy atom. The van der Waals surface area contributed by atoms with Crippen LogP contribution in [-0.2, 0) is 0 Å². The summed E-state index contributed by atoms with van der Waals surface area (Å²) >= 11 is 0. The second-order valence-corrected chi connectivity index (χ2v) is 10.4. The third kappa shape index (κ3) is 8.03. The molecule has 0 N–H and O–H groups in total. The van der Waals surface area contributed by atoms with E-state index in [9.17, 15) is 19.4 Å². The zero-order chi connectivity index (χ0) is 20.7. The lowest BCUT2D eigenvalue weighted by Gasteiger charge is -2.40. The summed E-state index contributed by atoms with van der Waals surface area (Å²) in [5, 5.41) is 0. The quantitative estimate of drug-likeness (QED) is 0.222. The van der Waals surface area contributed by atoms with Crippen molar-refractivity contribution in [1.82, 2.24) is 0 Å². The van der Waals surface area contributed by atoms with Crippen molar-refractivity contribution in [2.75, 3.05) is 0 Å². The second kappa shape index (κ2) is 8.65. The molecule has 160 valence electrons. The molecule has 0 spiro atoms. The van der Waals surface area contributed by atoms with E-state index < -0.39 is 15.1 Å². The lowest BCUT2D eigenvalue weighted by molar-refractivity contribution is 0.293. The van der Waals surface area contributed by atoms with Gasteiger partial charge in [-0.3, -0.25) is 0 Å². The molecule has 6 heteroatoms. The van der Waals surface area contributed by atoms with Crippen LogP contribution in [0.5, 0.6) is 0 Å². The van der Waals surface area contributed by atoms with E-state index in [1.165, 1.54) is 44.9 Å². The van der Waals surface area contributed by atoms with Gasteiger partial charge in [-0.2, -0.15) is 0 Å². The Bertz CT molecular complexity index is 674. The van der Waals surface area contributed by atoms with Gasteiger partial charge in [0.05, 0.1) is 0 Å². The molecule has 0 amide bonds. The second-order valence-electron chi connectivity index (χ2n) is 8.04. The Morgan fingerprint density at radius 2 is 1.39 bits per heavy atom. The largest absolute Gasteiger partial charge is 0.310 e. The van der Waals surface area contributed by atoms with Crippen LogP contribution in [0.4, 0.5) is 19.4 Å². The standard InChI is InChI=1S/C22H31F5S/c1-2-3-4-5-6-7-8-19-9-11-20(12-10-19)13-14-21-15-17-22(18-16-21)28(23,24,25,26)27/h15-20H,2-12H2,1H3. The number of rotatable bonds is 8. The summed E-state index contributed by atoms with van der Waals surface area (Å²) in [6.45, 7) is 2.22. The van der Waals surface area contributed by atoms with Crippen LogP contribution in [-0.4, -0.2) is 0 Å². The van der Waals surface area contributed by atoms with Crippen molar-refractivity contribution in [1.29, 1.82) is 0 Å². The summed E-state index contributed by atoms with van der Waals surface area (Å²) in [6.07, 6.45) is 13.5. The number of halogens is 5. The van der Waals surface area contributed by atoms with Crippen molar-refractivity contribution in [3.05, 3.63) is 29.8 Å². The smallest absolute Gasteiger partial charge is 0.0945 e. The van der Waals surface area contributed by atoms with Crippen molar-refractivity contribution < 1.29 is 19.4 Å². The third-order valence-corrected chi connectivity index (χ3v) is 6.70. The highest BCUT2D eigenvalue weighted by atomic mass is 32.5. The van der Waals surface area contributed by atoms with Crippen LogP contribution in [0.25, 0.3) is 0 Å². The summed E-state index contributed by atoms with van der Waals surface area (Å²) in [4.78, 5) is -1.86. The zero-order valence-electron chi connectivity index (χ0n) is 16.5. The summed E-state index contributed by atoms with van der Waals surface area (Å²) in [5.41, 5.74) is 0.347. The molecule has 1 aliphatic carbocycles. The maximum atomic E-state index is 12.7. The topological polar surface area (TPSA) is 0 Å². The molecule has 0 aromatic heterocycles. The van der Waals surface area contributed by atoms with Crippen LogP contribution in [0.1, 0.15) is 83.1 Å². The van der Waals surface area contributed by atoms with Crippen molar-refractivity contribution in [2.45, 2.75) is 82.4 Å². The van der Waals surface area contributed by atoms with E-state index in [1.807, 2.05) is 0 Å². The van der Waals surface area contributed by atoms with Crippen LogP contribution >= 0.6 is 10.2 Å². The minimum absolute atomic E-state index is 0.246. The van der Waals surface area contributed by atoms with Crippen LogP contribution in [0, 0.1) is 23.7 Å². The Morgan fingerprint density at radius 3 is 1.96 bits per heavy atom. The van der Waals surface area contributed by atoms with E-state index in [-0.39, 0.29) is 5.92 Å². The number of hydrogen-bond donors (Lipinski definition) is 0. The van der Waals surface area contributed by atoms with Gasteiger partial charge in [0.15, 0.2) is 0 Å². The summed E-state index contributed by atoms with van der Waals surface area (Å²) in [7, 11) is -9.59. The highest BCUT2D eigenvalue weighted by molar-refractivity contribution is 8.45. The van der Waals surface area contributed by atoms with Crippen LogP contribution < -0.4 is 0 Å². The minimum atomic E-state index is -9.59. The monoisotopic (exact) mass is 422 g/mol. The van der Waals surface area contributed by atoms with Gasteiger partial charge in [-0.1, -0.05) is 83.1 Å². The zero-order valence-corrected chi connectivity index (χ0v) is 17.4. The SMILES string of the molecule is CCCCCCCCC1CCC(C#Cc2ccc(S(F)(F)(F)(F)F)cc2)CC1. The first-order chi connectivity index (χ1) is 13.0.